The minimum atomic E-state index is 0. The van der Waals surface area contributed by atoms with Crippen LogP contribution in [0.2, 0.25) is 0 Å². The molecule has 2 aromatic rings. The second-order valence-electron chi connectivity index (χ2n) is 3.70. The summed E-state index contributed by atoms with van der Waals surface area (Å²) < 4.78 is 0. The van der Waals surface area contributed by atoms with Gasteiger partial charge in [-0.25, -0.2) is 0 Å². The lowest BCUT2D eigenvalue weighted by atomic mass is 10.0. The monoisotopic (exact) mass is 272 g/mol. The zero-order valence-corrected chi connectivity index (χ0v) is 10.8. The van der Waals surface area contributed by atoms with Gasteiger partial charge in [-0.05, 0) is 12.1 Å². The Bertz CT molecular complexity index is 470. The highest BCUT2D eigenvalue weighted by atomic mass is 35.5. The van der Waals surface area contributed by atoms with Crippen molar-refractivity contribution < 1.29 is 0 Å². The molecule has 0 aromatic carbocycles. The fourth-order valence-electron chi connectivity index (χ4n) is 1.97. The molecule has 3 heterocycles. The van der Waals surface area contributed by atoms with Crippen LogP contribution >= 0.6 is 24.8 Å². The number of fused-ring (bicyclic) bond motifs is 1. The van der Waals surface area contributed by atoms with E-state index in [0.29, 0.717) is 0 Å². The number of nitrogens with zero attached hydrogens (tertiary/aromatic N) is 2. The molecule has 0 atom stereocenters. The fourth-order valence-corrected chi connectivity index (χ4v) is 1.97. The Labute approximate surface area is 112 Å². The topological polar surface area (TPSA) is 53.6 Å². The Morgan fingerprint density at radius 2 is 2.12 bits per heavy atom. The summed E-state index contributed by atoms with van der Waals surface area (Å²) in [6, 6.07) is 3.98. The van der Waals surface area contributed by atoms with Crippen molar-refractivity contribution in [2.45, 2.75) is 13.0 Å². The maximum absolute atomic E-state index is 4.36. The average molecular weight is 273 g/mol. The van der Waals surface area contributed by atoms with Crippen LogP contribution < -0.4 is 5.32 Å². The molecule has 0 radical (unpaired) electrons. The van der Waals surface area contributed by atoms with Gasteiger partial charge in [-0.2, -0.15) is 5.10 Å². The predicted octanol–water partition coefficient (Wildman–Crippen LogP) is 1.96. The minimum absolute atomic E-state index is 0. The lowest BCUT2D eigenvalue weighted by Gasteiger charge is -2.12. The van der Waals surface area contributed by atoms with Crippen molar-refractivity contribution in [3.63, 3.8) is 0 Å². The predicted molar refractivity (Wildman–Crippen MR) is 71.7 cm³/mol. The number of rotatable bonds is 1. The molecule has 0 saturated heterocycles. The van der Waals surface area contributed by atoms with Gasteiger partial charge in [0.1, 0.15) is 0 Å². The van der Waals surface area contributed by atoms with Crippen LogP contribution in [0, 0.1) is 0 Å². The summed E-state index contributed by atoms with van der Waals surface area (Å²) in [6.07, 6.45) is 4.66. The van der Waals surface area contributed by atoms with Gasteiger partial charge in [0, 0.05) is 48.7 Å². The highest BCUT2D eigenvalue weighted by Crippen LogP contribution is 2.24. The van der Waals surface area contributed by atoms with Crippen LogP contribution in [0.5, 0.6) is 0 Å². The number of H-pyrrole nitrogens is 1. The molecule has 92 valence electrons. The largest absolute Gasteiger partial charge is 0.312 e. The molecular formula is C11H14Cl2N4. The summed E-state index contributed by atoms with van der Waals surface area (Å²) in [7, 11) is 0. The number of hydrogen-bond donors (Lipinski definition) is 2. The molecule has 1 aliphatic heterocycles. The van der Waals surface area contributed by atoms with E-state index >= 15 is 0 Å². The van der Waals surface area contributed by atoms with Crippen LogP contribution in [0.3, 0.4) is 0 Å². The van der Waals surface area contributed by atoms with Gasteiger partial charge >= 0.3 is 0 Å². The molecule has 3 rings (SSSR count). The van der Waals surface area contributed by atoms with Crippen LogP contribution in [-0.4, -0.2) is 21.7 Å². The third-order valence-corrected chi connectivity index (χ3v) is 2.74. The molecule has 0 aliphatic carbocycles. The first kappa shape index (κ1) is 14.0. The summed E-state index contributed by atoms with van der Waals surface area (Å²) in [4.78, 5) is 4.12. The second kappa shape index (κ2) is 6.00. The van der Waals surface area contributed by atoms with Gasteiger partial charge in [0.05, 0.1) is 5.69 Å². The van der Waals surface area contributed by atoms with Crippen molar-refractivity contribution in [2.24, 2.45) is 0 Å². The van der Waals surface area contributed by atoms with E-state index in [2.05, 4.69) is 20.5 Å². The standard InChI is InChI=1S/C11H12N4.2ClH/c1-2-8(6-12-4-1)11-9-7-13-5-3-10(9)14-15-11;;/h1-2,4,6,13H,3,5,7H2,(H,14,15);2*1H. The van der Waals surface area contributed by atoms with E-state index < -0.39 is 0 Å². The third-order valence-electron chi connectivity index (χ3n) is 2.74. The van der Waals surface area contributed by atoms with Gasteiger partial charge in [-0.3, -0.25) is 10.1 Å². The van der Waals surface area contributed by atoms with Crippen molar-refractivity contribution in [1.82, 2.24) is 20.5 Å². The van der Waals surface area contributed by atoms with E-state index in [1.54, 1.807) is 6.20 Å². The Hall–Kier alpha value is -1.10. The van der Waals surface area contributed by atoms with Crippen LogP contribution in [0.15, 0.2) is 24.5 Å². The summed E-state index contributed by atoms with van der Waals surface area (Å²) in [5.74, 6) is 0. The van der Waals surface area contributed by atoms with Gasteiger partial charge in [0.2, 0.25) is 0 Å². The first-order valence-electron chi connectivity index (χ1n) is 5.12. The first-order chi connectivity index (χ1) is 7.45. The second-order valence-corrected chi connectivity index (χ2v) is 3.70. The Kier molecular flexibility index (Phi) is 4.93. The van der Waals surface area contributed by atoms with Crippen molar-refractivity contribution >= 4 is 24.8 Å². The minimum Gasteiger partial charge on any atom is -0.312 e. The van der Waals surface area contributed by atoms with Gasteiger partial charge in [-0.15, -0.1) is 24.8 Å². The quantitative estimate of drug-likeness (QED) is 0.835. The highest BCUT2D eigenvalue weighted by Gasteiger charge is 2.17. The molecule has 0 spiro atoms. The number of hydrogen-bond acceptors (Lipinski definition) is 3. The van der Waals surface area contributed by atoms with Gasteiger partial charge in [-0.1, -0.05) is 0 Å². The van der Waals surface area contributed by atoms with Crippen molar-refractivity contribution in [3.8, 4) is 11.3 Å². The van der Waals surface area contributed by atoms with Crippen LogP contribution in [0.4, 0.5) is 0 Å². The molecule has 1 aliphatic rings. The molecule has 0 bridgehead atoms. The molecule has 6 heteroatoms. The van der Waals surface area contributed by atoms with Crippen molar-refractivity contribution in [1.29, 1.82) is 0 Å². The lowest BCUT2D eigenvalue weighted by molar-refractivity contribution is 0.637. The SMILES string of the molecule is Cl.Cl.c1cncc(-c2n[nH]c3c2CNCC3)c1. The number of nitrogens with one attached hydrogen (secondary N) is 2. The summed E-state index contributed by atoms with van der Waals surface area (Å²) >= 11 is 0. The smallest absolute Gasteiger partial charge is 0.0984 e. The molecule has 2 aromatic heterocycles. The number of pyridine rings is 1. The van der Waals surface area contributed by atoms with Crippen LogP contribution in [-0.2, 0) is 13.0 Å². The highest BCUT2D eigenvalue weighted by molar-refractivity contribution is 5.85. The van der Waals surface area contributed by atoms with Gasteiger partial charge in [0.15, 0.2) is 0 Å². The van der Waals surface area contributed by atoms with E-state index in [-0.39, 0.29) is 24.8 Å². The fraction of sp³-hybridized carbons (Fsp3) is 0.273. The Balaban J connectivity index is 0.000000722. The summed E-state index contributed by atoms with van der Waals surface area (Å²) in [6.45, 7) is 1.93. The maximum Gasteiger partial charge on any atom is 0.0984 e. The van der Waals surface area contributed by atoms with E-state index in [9.17, 15) is 0 Å². The molecular weight excluding hydrogens is 259 g/mol. The average Bonchev–Trinajstić information content (AvgIpc) is 2.74. The molecule has 2 N–H and O–H groups in total. The Morgan fingerprint density at radius 3 is 2.88 bits per heavy atom. The summed E-state index contributed by atoms with van der Waals surface area (Å²) in [5.41, 5.74) is 4.66. The number of halogens is 2. The summed E-state index contributed by atoms with van der Waals surface area (Å²) in [5, 5.41) is 10.8. The first-order valence-corrected chi connectivity index (χ1v) is 5.12. The Morgan fingerprint density at radius 1 is 1.24 bits per heavy atom. The molecule has 0 fully saturated rings. The van der Waals surface area contributed by atoms with E-state index in [1.165, 1.54) is 11.3 Å². The van der Waals surface area contributed by atoms with Crippen molar-refractivity contribution in [3.05, 3.63) is 35.8 Å². The van der Waals surface area contributed by atoms with E-state index in [0.717, 1.165) is 30.8 Å². The van der Waals surface area contributed by atoms with Gasteiger partial charge in [0.25, 0.3) is 0 Å². The normalized spacial score (nSPS) is 13.2. The molecule has 17 heavy (non-hydrogen) atoms. The third kappa shape index (κ3) is 2.60. The number of aromatic nitrogens is 3. The molecule has 0 saturated carbocycles. The molecule has 0 amide bonds. The van der Waals surface area contributed by atoms with Gasteiger partial charge < -0.3 is 5.32 Å². The zero-order chi connectivity index (χ0) is 10.1. The zero-order valence-electron chi connectivity index (χ0n) is 9.14. The van der Waals surface area contributed by atoms with E-state index in [1.807, 2.05) is 18.3 Å². The van der Waals surface area contributed by atoms with Crippen molar-refractivity contribution in [2.75, 3.05) is 6.54 Å². The van der Waals surface area contributed by atoms with Crippen LogP contribution in [0.25, 0.3) is 11.3 Å². The number of aromatic amines is 1. The lowest BCUT2D eigenvalue weighted by Crippen LogP contribution is -2.23. The maximum atomic E-state index is 4.36. The van der Waals surface area contributed by atoms with Crippen LogP contribution in [0.1, 0.15) is 11.3 Å². The molecule has 4 nitrogen and oxygen atoms in total. The molecule has 0 unspecified atom stereocenters. The van der Waals surface area contributed by atoms with E-state index in [4.69, 9.17) is 0 Å².